The van der Waals surface area contributed by atoms with E-state index in [0.717, 1.165) is 22.1 Å². The summed E-state index contributed by atoms with van der Waals surface area (Å²) >= 11 is 0. The maximum atomic E-state index is 8.97. The quantitative estimate of drug-likeness (QED) is 0.895. The molecule has 3 N–H and O–H groups in total. The first-order chi connectivity index (χ1) is 8.27. The molecule has 0 spiro atoms. The first-order valence-electron chi connectivity index (χ1n) is 5.70. The van der Waals surface area contributed by atoms with Crippen molar-refractivity contribution in [3.8, 4) is 5.75 Å². The van der Waals surface area contributed by atoms with Gasteiger partial charge < -0.3 is 15.6 Å². The van der Waals surface area contributed by atoms with Crippen LogP contribution in [0.4, 0.5) is 0 Å². The summed E-state index contributed by atoms with van der Waals surface area (Å²) < 4.78 is 5.33. The summed E-state index contributed by atoms with van der Waals surface area (Å²) in [4.78, 5) is 0. The summed E-state index contributed by atoms with van der Waals surface area (Å²) in [6, 6.07) is 11.8. The summed E-state index contributed by atoms with van der Waals surface area (Å²) in [5.74, 6) is 0.848. The van der Waals surface area contributed by atoms with Gasteiger partial charge in [-0.15, -0.1) is 12.4 Å². The lowest BCUT2D eigenvalue weighted by Gasteiger charge is -2.15. The lowest BCUT2D eigenvalue weighted by atomic mass is 9.97. The number of hydrogen-bond acceptors (Lipinski definition) is 3. The van der Waals surface area contributed by atoms with Crippen LogP contribution in [0.5, 0.6) is 5.75 Å². The lowest BCUT2D eigenvalue weighted by Crippen LogP contribution is -2.12. The van der Waals surface area contributed by atoms with Crippen molar-refractivity contribution in [2.45, 2.75) is 12.5 Å². The van der Waals surface area contributed by atoms with Crippen molar-refractivity contribution in [1.82, 2.24) is 0 Å². The Hall–Kier alpha value is -1.29. The third kappa shape index (κ3) is 2.75. The minimum Gasteiger partial charge on any atom is -0.496 e. The predicted molar refractivity (Wildman–Crippen MR) is 76.4 cm³/mol. The molecule has 0 radical (unpaired) electrons. The second-order valence-corrected chi connectivity index (χ2v) is 4.02. The van der Waals surface area contributed by atoms with Gasteiger partial charge in [-0.05, 0) is 23.4 Å². The highest BCUT2D eigenvalue weighted by Crippen LogP contribution is 2.31. The molecule has 2 rings (SSSR count). The van der Waals surface area contributed by atoms with E-state index in [9.17, 15) is 0 Å². The Morgan fingerprint density at radius 1 is 1.17 bits per heavy atom. The van der Waals surface area contributed by atoms with Crippen LogP contribution in [0.2, 0.25) is 0 Å². The zero-order chi connectivity index (χ0) is 12.3. The van der Waals surface area contributed by atoms with E-state index in [0.29, 0.717) is 6.42 Å². The summed E-state index contributed by atoms with van der Waals surface area (Å²) in [6.45, 7) is 0.0987. The van der Waals surface area contributed by atoms with Crippen LogP contribution < -0.4 is 10.5 Å². The van der Waals surface area contributed by atoms with Crippen molar-refractivity contribution in [1.29, 1.82) is 0 Å². The average Bonchev–Trinajstić information content (AvgIpc) is 2.37. The number of methoxy groups -OCH3 is 1. The first kappa shape index (κ1) is 14.8. The molecule has 0 bridgehead atoms. The number of fused-ring (bicyclic) bond motifs is 1. The third-order valence-corrected chi connectivity index (χ3v) is 2.98. The molecular weight excluding hydrogens is 250 g/mol. The van der Waals surface area contributed by atoms with Crippen molar-refractivity contribution in [3.63, 3.8) is 0 Å². The number of benzene rings is 2. The monoisotopic (exact) mass is 267 g/mol. The molecule has 0 aliphatic carbocycles. The summed E-state index contributed by atoms with van der Waals surface area (Å²) in [5.41, 5.74) is 7.11. The van der Waals surface area contributed by atoms with Gasteiger partial charge >= 0.3 is 0 Å². The maximum absolute atomic E-state index is 8.97. The Labute approximate surface area is 113 Å². The molecular formula is C14H18ClNO2. The minimum atomic E-state index is -0.143. The number of ether oxygens (including phenoxy) is 1. The summed E-state index contributed by atoms with van der Waals surface area (Å²) in [5, 5.41) is 11.1. The SMILES string of the molecule is COc1ccc([C@@H](N)CCO)c2ccccc12.Cl. The molecule has 0 amide bonds. The predicted octanol–water partition coefficient (Wildman–Crippen LogP) is 2.65. The highest BCUT2D eigenvalue weighted by atomic mass is 35.5. The number of rotatable bonds is 4. The molecule has 2 aromatic carbocycles. The van der Waals surface area contributed by atoms with Crippen LogP contribution in [0.1, 0.15) is 18.0 Å². The fraction of sp³-hybridized carbons (Fsp3) is 0.286. The van der Waals surface area contributed by atoms with Crippen LogP contribution in [0, 0.1) is 0 Å². The average molecular weight is 268 g/mol. The summed E-state index contributed by atoms with van der Waals surface area (Å²) in [7, 11) is 1.66. The van der Waals surface area contributed by atoms with Crippen LogP contribution in [0.15, 0.2) is 36.4 Å². The molecule has 0 saturated carbocycles. The third-order valence-electron chi connectivity index (χ3n) is 2.98. The van der Waals surface area contributed by atoms with Crippen LogP contribution in [-0.4, -0.2) is 18.8 Å². The Balaban J connectivity index is 0.00000162. The van der Waals surface area contributed by atoms with Crippen molar-refractivity contribution in [2.75, 3.05) is 13.7 Å². The Bertz CT molecular complexity index is 516. The van der Waals surface area contributed by atoms with Gasteiger partial charge in [0.25, 0.3) is 0 Å². The highest BCUT2D eigenvalue weighted by molar-refractivity contribution is 5.91. The molecule has 0 unspecified atom stereocenters. The van der Waals surface area contributed by atoms with Gasteiger partial charge in [-0.3, -0.25) is 0 Å². The number of halogens is 1. The molecule has 4 heteroatoms. The van der Waals surface area contributed by atoms with Crippen LogP contribution in [-0.2, 0) is 0 Å². The largest absolute Gasteiger partial charge is 0.496 e. The van der Waals surface area contributed by atoms with Gasteiger partial charge in [0.2, 0.25) is 0 Å². The number of aliphatic hydroxyl groups excluding tert-OH is 1. The van der Waals surface area contributed by atoms with Crippen LogP contribution in [0.3, 0.4) is 0 Å². The number of hydrogen-bond donors (Lipinski definition) is 2. The minimum absolute atomic E-state index is 0. The maximum Gasteiger partial charge on any atom is 0.126 e. The second-order valence-electron chi connectivity index (χ2n) is 4.02. The zero-order valence-corrected chi connectivity index (χ0v) is 11.1. The molecule has 0 saturated heterocycles. The summed E-state index contributed by atoms with van der Waals surface area (Å²) in [6.07, 6.45) is 0.566. The van der Waals surface area contributed by atoms with Gasteiger partial charge in [0.15, 0.2) is 0 Å². The van der Waals surface area contributed by atoms with E-state index < -0.39 is 0 Å². The van der Waals surface area contributed by atoms with Gasteiger partial charge in [-0.25, -0.2) is 0 Å². The van der Waals surface area contributed by atoms with Crippen LogP contribution >= 0.6 is 12.4 Å². The molecule has 0 heterocycles. The molecule has 0 aliphatic heterocycles. The Kier molecular flexibility index (Phi) is 5.41. The van der Waals surface area contributed by atoms with Crippen molar-refractivity contribution in [2.24, 2.45) is 5.73 Å². The van der Waals surface area contributed by atoms with E-state index in [1.54, 1.807) is 7.11 Å². The molecule has 1 atom stereocenters. The first-order valence-corrected chi connectivity index (χ1v) is 5.70. The van der Waals surface area contributed by atoms with Crippen molar-refractivity contribution in [3.05, 3.63) is 42.0 Å². The smallest absolute Gasteiger partial charge is 0.126 e. The topological polar surface area (TPSA) is 55.5 Å². The van der Waals surface area contributed by atoms with Gasteiger partial charge in [-0.2, -0.15) is 0 Å². The van der Waals surface area contributed by atoms with Crippen LogP contribution in [0.25, 0.3) is 10.8 Å². The molecule has 98 valence electrons. The van der Waals surface area contributed by atoms with Gasteiger partial charge in [0.05, 0.1) is 7.11 Å². The Morgan fingerprint density at radius 3 is 2.44 bits per heavy atom. The zero-order valence-electron chi connectivity index (χ0n) is 10.3. The molecule has 18 heavy (non-hydrogen) atoms. The van der Waals surface area contributed by atoms with E-state index in [1.807, 2.05) is 36.4 Å². The van der Waals surface area contributed by atoms with E-state index in [2.05, 4.69) is 0 Å². The van der Waals surface area contributed by atoms with Gasteiger partial charge in [0, 0.05) is 18.0 Å². The highest BCUT2D eigenvalue weighted by Gasteiger charge is 2.11. The second kappa shape index (κ2) is 6.59. The number of nitrogens with two attached hydrogens (primary N) is 1. The normalized spacial score (nSPS) is 11.9. The molecule has 2 aromatic rings. The molecule has 0 aromatic heterocycles. The fourth-order valence-electron chi connectivity index (χ4n) is 2.09. The molecule has 0 aliphatic rings. The fourth-order valence-corrected chi connectivity index (χ4v) is 2.09. The standard InChI is InChI=1S/C14H17NO2.ClH/c1-17-14-7-6-11(13(15)8-9-16)10-4-2-3-5-12(10)14;/h2-7,13,16H,8-9,15H2,1H3;1H/t13-;/m0./s1. The van der Waals surface area contributed by atoms with Crippen molar-refractivity contribution >= 4 is 23.2 Å². The van der Waals surface area contributed by atoms with E-state index in [4.69, 9.17) is 15.6 Å². The Morgan fingerprint density at radius 2 is 1.83 bits per heavy atom. The van der Waals surface area contributed by atoms with Gasteiger partial charge in [-0.1, -0.05) is 30.3 Å². The number of aliphatic hydroxyl groups is 1. The van der Waals surface area contributed by atoms with E-state index >= 15 is 0 Å². The van der Waals surface area contributed by atoms with Gasteiger partial charge in [0.1, 0.15) is 5.75 Å². The molecule has 0 fully saturated rings. The van der Waals surface area contributed by atoms with Crippen molar-refractivity contribution < 1.29 is 9.84 Å². The lowest BCUT2D eigenvalue weighted by molar-refractivity contribution is 0.277. The van der Waals surface area contributed by atoms with E-state index in [-0.39, 0.29) is 25.1 Å². The van der Waals surface area contributed by atoms with E-state index in [1.165, 1.54) is 0 Å². The molecule has 3 nitrogen and oxygen atoms in total.